The van der Waals surface area contributed by atoms with Crippen LogP contribution in [0, 0.1) is 25.2 Å². The van der Waals surface area contributed by atoms with Crippen LogP contribution in [0.25, 0.3) is 0 Å². The van der Waals surface area contributed by atoms with Gasteiger partial charge in [0.25, 0.3) is 0 Å². The second kappa shape index (κ2) is 8.69. The summed E-state index contributed by atoms with van der Waals surface area (Å²) in [5, 5.41) is 8.85. The van der Waals surface area contributed by atoms with E-state index in [2.05, 4.69) is 38.1 Å². The summed E-state index contributed by atoms with van der Waals surface area (Å²) in [6, 6.07) is 8.75. The Hall–Kier alpha value is -1.86. The lowest BCUT2D eigenvalue weighted by Crippen LogP contribution is -2.44. The SMILES string of the molecule is Cc1ccc(CCC(=O)N(CCC#N)C2CCOCC2)c(C)c1. The van der Waals surface area contributed by atoms with Crippen molar-refractivity contribution in [1.29, 1.82) is 5.26 Å². The molecule has 0 aromatic heterocycles. The van der Waals surface area contributed by atoms with E-state index in [1.165, 1.54) is 16.7 Å². The van der Waals surface area contributed by atoms with Gasteiger partial charge in [-0.3, -0.25) is 4.79 Å². The molecule has 0 spiro atoms. The maximum atomic E-state index is 12.7. The van der Waals surface area contributed by atoms with Crippen LogP contribution in [0.5, 0.6) is 0 Å². The molecule has 2 rings (SSSR count). The molecule has 1 heterocycles. The molecule has 0 atom stereocenters. The third kappa shape index (κ3) is 5.07. The van der Waals surface area contributed by atoms with Crippen molar-refractivity contribution in [2.45, 2.75) is 52.0 Å². The second-order valence-corrected chi connectivity index (χ2v) is 6.27. The van der Waals surface area contributed by atoms with Crippen LogP contribution in [0.4, 0.5) is 0 Å². The molecule has 124 valence electrons. The highest BCUT2D eigenvalue weighted by Gasteiger charge is 2.25. The number of amides is 1. The van der Waals surface area contributed by atoms with Gasteiger partial charge in [0.15, 0.2) is 0 Å². The van der Waals surface area contributed by atoms with E-state index in [0.29, 0.717) is 32.6 Å². The number of rotatable bonds is 6. The average molecular weight is 314 g/mol. The molecule has 0 radical (unpaired) electrons. The lowest BCUT2D eigenvalue weighted by molar-refractivity contribution is -0.135. The number of hydrogen-bond acceptors (Lipinski definition) is 3. The number of benzene rings is 1. The molecular weight excluding hydrogens is 288 g/mol. The van der Waals surface area contributed by atoms with Gasteiger partial charge in [-0.05, 0) is 44.2 Å². The van der Waals surface area contributed by atoms with Gasteiger partial charge in [0.1, 0.15) is 0 Å². The first-order chi connectivity index (χ1) is 11.1. The van der Waals surface area contributed by atoms with Crippen molar-refractivity contribution in [2.24, 2.45) is 0 Å². The lowest BCUT2D eigenvalue weighted by Gasteiger charge is -2.34. The van der Waals surface area contributed by atoms with Crippen LogP contribution in [-0.2, 0) is 16.0 Å². The highest BCUT2D eigenvalue weighted by atomic mass is 16.5. The van der Waals surface area contributed by atoms with Gasteiger partial charge in [0.05, 0.1) is 12.5 Å². The molecule has 0 aliphatic carbocycles. The van der Waals surface area contributed by atoms with E-state index < -0.39 is 0 Å². The van der Waals surface area contributed by atoms with Crippen molar-refractivity contribution in [1.82, 2.24) is 4.90 Å². The number of carbonyl (C=O) groups is 1. The zero-order chi connectivity index (χ0) is 16.7. The highest BCUT2D eigenvalue weighted by Crippen LogP contribution is 2.18. The molecule has 1 amide bonds. The summed E-state index contributed by atoms with van der Waals surface area (Å²) in [4.78, 5) is 14.6. The Bertz CT molecular complexity index is 571. The van der Waals surface area contributed by atoms with Gasteiger partial charge in [-0.2, -0.15) is 5.26 Å². The van der Waals surface area contributed by atoms with Crippen LogP contribution in [0.3, 0.4) is 0 Å². The molecular formula is C19H26N2O2. The number of carbonyl (C=O) groups excluding carboxylic acids is 1. The Morgan fingerprint density at radius 2 is 2.09 bits per heavy atom. The number of nitriles is 1. The molecule has 4 heteroatoms. The van der Waals surface area contributed by atoms with Crippen LogP contribution in [0.2, 0.25) is 0 Å². The fraction of sp³-hybridized carbons (Fsp3) is 0.579. The predicted octanol–water partition coefficient (Wildman–Crippen LogP) is 3.16. The Labute approximate surface area is 139 Å². The minimum atomic E-state index is 0.159. The zero-order valence-electron chi connectivity index (χ0n) is 14.2. The largest absolute Gasteiger partial charge is 0.381 e. The van der Waals surface area contributed by atoms with Crippen molar-refractivity contribution >= 4 is 5.91 Å². The first-order valence-electron chi connectivity index (χ1n) is 8.42. The molecule has 0 bridgehead atoms. The molecule has 23 heavy (non-hydrogen) atoms. The monoisotopic (exact) mass is 314 g/mol. The first-order valence-corrected chi connectivity index (χ1v) is 8.42. The van der Waals surface area contributed by atoms with Crippen molar-refractivity contribution < 1.29 is 9.53 Å². The average Bonchev–Trinajstić information content (AvgIpc) is 2.55. The number of nitrogens with zero attached hydrogens (tertiary/aromatic N) is 2. The molecule has 0 saturated carbocycles. The van der Waals surface area contributed by atoms with Crippen LogP contribution in [0.15, 0.2) is 18.2 Å². The topological polar surface area (TPSA) is 53.3 Å². The van der Waals surface area contributed by atoms with Crippen LogP contribution in [-0.4, -0.2) is 36.6 Å². The Morgan fingerprint density at radius 3 is 2.74 bits per heavy atom. The van der Waals surface area contributed by atoms with Crippen molar-refractivity contribution in [3.05, 3.63) is 34.9 Å². The van der Waals surface area contributed by atoms with Gasteiger partial charge in [-0.15, -0.1) is 0 Å². The summed E-state index contributed by atoms with van der Waals surface area (Å²) in [7, 11) is 0. The lowest BCUT2D eigenvalue weighted by atomic mass is 10.0. The fourth-order valence-electron chi connectivity index (χ4n) is 3.19. The summed E-state index contributed by atoms with van der Waals surface area (Å²) >= 11 is 0. The van der Waals surface area contributed by atoms with E-state index in [0.717, 1.165) is 19.3 Å². The molecule has 4 nitrogen and oxygen atoms in total. The summed E-state index contributed by atoms with van der Waals surface area (Å²) in [6.07, 6.45) is 3.41. The first kappa shape index (κ1) is 17.5. The Balaban J connectivity index is 1.97. The van der Waals surface area contributed by atoms with Crippen LogP contribution in [0.1, 0.15) is 42.4 Å². The third-order valence-corrected chi connectivity index (χ3v) is 4.52. The van der Waals surface area contributed by atoms with Crippen LogP contribution >= 0.6 is 0 Å². The summed E-state index contributed by atoms with van der Waals surface area (Å²) in [5.74, 6) is 0.159. The highest BCUT2D eigenvalue weighted by molar-refractivity contribution is 5.77. The van der Waals surface area contributed by atoms with Crippen molar-refractivity contribution in [2.75, 3.05) is 19.8 Å². The molecule has 1 saturated heterocycles. The number of aryl methyl sites for hydroxylation is 3. The number of hydrogen-bond donors (Lipinski definition) is 0. The molecule has 0 N–H and O–H groups in total. The van der Waals surface area contributed by atoms with E-state index >= 15 is 0 Å². The Morgan fingerprint density at radius 1 is 1.35 bits per heavy atom. The van der Waals surface area contributed by atoms with Gasteiger partial charge >= 0.3 is 0 Å². The van der Waals surface area contributed by atoms with Crippen LogP contribution < -0.4 is 0 Å². The molecule has 1 aromatic carbocycles. The quantitative estimate of drug-likeness (QED) is 0.810. The van der Waals surface area contributed by atoms with Crippen molar-refractivity contribution in [3.63, 3.8) is 0 Å². The molecule has 1 aliphatic rings. The van der Waals surface area contributed by atoms with Gasteiger partial charge in [0.2, 0.25) is 5.91 Å². The molecule has 1 fully saturated rings. The van der Waals surface area contributed by atoms with Gasteiger partial charge in [0, 0.05) is 32.2 Å². The Kier molecular flexibility index (Phi) is 6.61. The van der Waals surface area contributed by atoms with E-state index in [4.69, 9.17) is 10.00 Å². The smallest absolute Gasteiger partial charge is 0.223 e. The maximum Gasteiger partial charge on any atom is 0.223 e. The summed E-state index contributed by atoms with van der Waals surface area (Å²) in [6.45, 7) is 6.12. The predicted molar refractivity (Wildman–Crippen MR) is 90.0 cm³/mol. The molecule has 0 unspecified atom stereocenters. The van der Waals surface area contributed by atoms with Gasteiger partial charge in [-0.1, -0.05) is 23.8 Å². The van der Waals surface area contributed by atoms with Crippen molar-refractivity contribution in [3.8, 4) is 6.07 Å². The fourth-order valence-corrected chi connectivity index (χ4v) is 3.19. The maximum absolute atomic E-state index is 12.7. The second-order valence-electron chi connectivity index (χ2n) is 6.27. The number of ether oxygens (including phenoxy) is 1. The summed E-state index contributed by atoms with van der Waals surface area (Å²) in [5.41, 5.74) is 3.72. The minimum Gasteiger partial charge on any atom is -0.381 e. The minimum absolute atomic E-state index is 0.159. The van der Waals surface area contributed by atoms with E-state index in [9.17, 15) is 4.79 Å². The van der Waals surface area contributed by atoms with E-state index in [-0.39, 0.29) is 11.9 Å². The molecule has 1 aromatic rings. The van der Waals surface area contributed by atoms with Gasteiger partial charge in [-0.25, -0.2) is 0 Å². The summed E-state index contributed by atoms with van der Waals surface area (Å²) < 4.78 is 5.39. The normalized spacial score (nSPS) is 15.2. The van der Waals surface area contributed by atoms with E-state index in [1.807, 2.05) is 4.90 Å². The van der Waals surface area contributed by atoms with Gasteiger partial charge < -0.3 is 9.64 Å². The zero-order valence-corrected chi connectivity index (χ0v) is 14.2. The van der Waals surface area contributed by atoms with E-state index in [1.54, 1.807) is 0 Å². The molecule has 1 aliphatic heterocycles. The standard InChI is InChI=1S/C19H26N2O2/c1-15-4-5-17(16(2)14-15)6-7-19(22)21(11-3-10-20)18-8-12-23-13-9-18/h4-5,14,18H,3,6-9,11-13H2,1-2H3. The third-order valence-electron chi connectivity index (χ3n) is 4.52.